The number of nitrogens with one attached hydrogen (secondary N) is 1. The number of nitriles is 1. The van der Waals surface area contributed by atoms with Gasteiger partial charge in [-0.3, -0.25) is 4.79 Å². The number of halogens is 4. The molecule has 0 fully saturated rings. The van der Waals surface area contributed by atoms with E-state index in [0.29, 0.717) is 21.8 Å². The lowest BCUT2D eigenvalue weighted by atomic mass is 10.1. The summed E-state index contributed by atoms with van der Waals surface area (Å²) in [6.07, 6.45) is -4.55. The summed E-state index contributed by atoms with van der Waals surface area (Å²) >= 11 is 6.88. The molecule has 0 saturated heterocycles. The number of amides is 1. The van der Waals surface area contributed by atoms with E-state index in [1.165, 1.54) is 7.11 Å². The molecule has 0 saturated carbocycles. The van der Waals surface area contributed by atoms with Crippen LogP contribution in [0, 0.1) is 18.3 Å². The molecule has 0 bridgehead atoms. The number of pyridine rings is 1. The fourth-order valence-corrected chi connectivity index (χ4v) is 3.36. The molecule has 148 valence electrons. The van der Waals surface area contributed by atoms with Gasteiger partial charge in [-0.25, -0.2) is 4.98 Å². The highest BCUT2D eigenvalue weighted by molar-refractivity contribution is 8.00. The summed E-state index contributed by atoms with van der Waals surface area (Å²) in [5, 5.41) is 12.1. The van der Waals surface area contributed by atoms with Gasteiger partial charge in [0.1, 0.15) is 11.1 Å². The van der Waals surface area contributed by atoms with Crippen LogP contribution in [0.4, 0.5) is 18.9 Å². The van der Waals surface area contributed by atoms with Crippen LogP contribution < -0.4 is 5.32 Å². The second-order valence-electron chi connectivity index (χ2n) is 5.68. The van der Waals surface area contributed by atoms with Crippen LogP contribution in [0.25, 0.3) is 0 Å². The van der Waals surface area contributed by atoms with E-state index in [1.807, 2.05) is 6.07 Å². The zero-order valence-corrected chi connectivity index (χ0v) is 16.4. The summed E-state index contributed by atoms with van der Waals surface area (Å²) in [7, 11) is 1.50. The molecule has 0 unspecified atom stereocenters. The van der Waals surface area contributed by atoms with Crippen molar-refractivity contribution in [1.29, 1.82) is 5.26 Å². The van der Waals surface area contributed by atoms with Crippen molar-refractivity contribution in [3.05, 3.63) is 51.7 Å². The quantitative estimate of drug-likeness (QED) is 0.667. The Balaban J connectivity index is 2.15. The minimum Gasteiger partial charge on any atom is -0.380 e. The first-order valence-corrected chi connectivity index (χ1v) is 9.21. The normalized spacial score (nSPS) is 11.2. The monoisotopic (exact) mass is 429 g/mol. The molecule has 0 spiro atoms. The number of thioether (sulfide) groups is 1. The Hall–Kier alpha value is -2.28. The first-order chi connectivity index (χ1) is 13.2. The molecule has 1 aromatic carbocycles. The maximum atomic E-state index is 12.8. The first kappa shape index (κ1) is 22.0. The van der Waals surface area contributed by atoms with Gasteiger partial charge in [0.15, 0.2) is 0 Å². The van der Waals surface area contributed by atoms with E-state index in [1.54, 1.807) is 13.0 Å². The summed E-state index contributed by atoms with van der Waals surface area (Å²) in [5.41, 5.74) is 0.523. The minimum absolute atomic E-state index is 0.0138. The molecule has 0 atom stereocenters. The standard InChI is InChI=1S/C18H15ClF3N3O2S/c1-10-5-11(8-27-2)13(7-23)17(24-10)28-9-16(26)25-15-6-12(18(20,21)22)3-4-14(15)19/h3-6H,8-9H2,1-2H3,(H,25,26). The molecule has 0 aliphatic heterocycles. The predicted molar refractivity (Wildman–Crippen MR) is 100 cm³/mol. The van der Waals surface area contributed by atoms with Crippen molar-refractivity contribution < 1.29 is 22.7 Å². The van der Waals surface area contributed by atoms with E-state index in [4.69, 9.17) is 16.3 Å². The maximum Gasteiger partial charge on any atom is 0.416 e. The van der Waals surface area contributed by atoms with E-state index < -0.39 is 17.6 Å². The molecule has 1 N–H and O–H groups in total. The number of aryl methyl sites for hydroxylation is 1. The second-order valence-corrected chi connectivity index (χ2v) is 7.05. The Bertz CT molecular complexity index is 930. The van der Waals surface area contributed by atoms with Crippen LogP contribution in [0.5, 0.6) is 0 Å². The van der Waals surface area contributed by atoms with Crippen molar-refractivity contribution in [2.45, 2.75) is 24.7 Å². The van der Waals surface area contributed by atoms with E-state index in [-0.39, 0.29) is 23.1 Å². The number of benzene rings is 1. The molecule has 0 radical (unpaired) electrons. The van der Waals surface area contributed by atoms with Crippen LogP contribution in [-0.2, 0) is 22.3 Å². The molecular formula is C18H15ClF3N3O2S. The number of hydrogen-bond acceptors (Lipinski definition) is 5. The van der Waals surface area contributed by atoms with Gasteiger partial charge in [-0.05, 0) is 36.8 Å². The number of carbonyl (C=O) groups excluding carboxylic acids is 1. The van der Waals surface area contributed by atoms with Crippen LogP contribution in [0.1, 0.15) is 22.4 Å². The Kier molecular flexibility index (Phi) is 7.29. The van der Waals surface area contributed by atoms with Crippen molar-refractivity contribution in [3.63, 3.8) is 0 Å². The lowest BCUT2D eigenvalue weighted by Gasteiger charge is -2.12. The largest absolute Gasteiger partial charge is 0.416 e. The van der Waals surface area contributed by atoms with Crippen molar-refractivity contribution in [1.82, 2.24) is 4.98 Å². The number of carbonyl (C=O) groups is 1. The number of ether oxygens (including phenoxy) is 1. The summed E-state index contributed by atoms with van der Waals surface area (Å²) < 4.78 is 43.5. The molecule has 28 heavy (non-hydrogen) atoms. The highest BCUT2D eigenvalue weighted by Gasteiger charge is 2.31. The van der Waals surface area contributed by atoms with Gasteiger partial charge in [0, 0.05) is 12.8 Å². The number of methoxy groups -OCH3 is 1. The average molecular weight is 430 g/mol. The topological polar surface area (TPSA) is 75.0 Å². The molecule has 1 aromatic heterocycles. The maximum absolute atomic E-state index is 12.8. The molecule has 2 rings (SSSR count). The molecule has 0 aliphatic carbocycles. The van der Waals surface area contributed by atoms with Crippen LogP contribution in [0.15, 0.2) is 29.3 Å². The van der Waals surface area contributed by atoms with Gasteiger partial charge in [-0.15, -0.1) is 0 Å². The van der Waals surface area contributed by atoms with Gasteiger partial charge in [-0.2, -0.15) is 18.4 Å². The molecule has 2 aromatic rings. The lowest BCUT2D eigenvalue weighted by molar-refractivity contribution is -0.137. The van der Waals surface area contributed by atoms with E-state index in [2.05, 4.69) is 10.3 Å². The highest BCUT2D eigenvalue weighted by atomic mass is 35.5. The second kappa shape index (κ2) is 9.28. The third kappa shape index (κ3) is 5.61. The van der Waals surface area contributed by atoms with Gasteiger partial charge in [0.2, 0.25) is 5.91 Å². The highest BCUT2D eigenvalue weighted by Crippen LogP contribution is 2.34. The molecule has 1 heterocycles. The lowest BCUT2D eigenvalue weighted by Crippen LogP contribution is -2.16. The zero-order valence-electron chi connectivity index (χ0n) is 14.9. The third-order valence-corrected chi connectivity index (χ3v) is 4.82. The number of aromatic nitrogens is 1. The Morgan fingerprint density at radius 3 is 2.71 bits per heavy atom. The number of alkyl halides is 3. The van der Waals surface area contributed by atoms with Crippen molar-refractivity contribution >= 4 is 35.0 Å². The number of anilines is 1. The van der Waals surface area contributed by atoms with Gasteiger partial charge in [0.05, 0.1) is 34.2 Å². The molecular weight excluding hydrogens is 415 g/mol. The van der Waals surface area contributed by atoms with E-state index >= 15 is 0 Å². The molecule has 5 nitrogen and oxygen atoms in total. The molecule has 0 aliphatic rings. The smallest absolute Gasteiger partial charge is 0.380 e. The Morgan fingerprint density at radius 1 is 1.39 bits per heavy atom. The van der Waals surface area contributed by atoms with Gasteiger partial charge >= 0.3 is 6.18 Å². The number of nitrogens with zero attached hydrogens (tertiary/aromatic N) is 2. The summed E-state index contributed by atoms with van der Waals surface area (Å²) in [6, 6.07) is 6.43. The Morgan fingerprint density at radius 2 is 2.11 bits per heavy atom. The fourth-order valence-electron chi connectivity index (χ4n) is 2.32. The number of rotatable bonds is 6. The molecule has 1 amide bonds. The zero-order chi connectivity index (χ0) is 20.9. The van der Waals surface area contributed by atoms with Crippen molar-refractivity contribution in [3.8, 4) is 6.07 Å². The van der Waals surface area contributed by atoms with Crippen LogP contribution >= 0.6 is 23.4 Å². The van der Waals surface area contributed by atoms with Crippen LogP contribution in [0.2, 0.25) is 5.02 Å². The fraction of sp³-hybridized carbons (Fsp3) is 0.278. The SMILES string of the molecule is COCc1cc(C)nc(SCC(=O)Nc2cc(C(F)(F)F)ccc2Cl)c1C#N. The average Bonchev–Trinajstić information content (AvgIpc) is 2.61. The van der Waals surface area contributed by atoms with Crippen molar-refractivity contribution in [2.75, 3.05) is 18.2 Å². The summed E-state index contributed by atoms with van der Waals surface area (Å²) in [5.74, 6) is -0.740. The van der Waals surface area contributed by atoms with Gasteiger partial charge in [-0.1, -0.05) is 23.4 Å². The van der Waals surface area contributed by atoms with Crippen LogP contribution in [0.3, 0.4) is 0 Å². The van der Waals surface area contributed by atoms with E-state index in [0.717, 1.165) is 30.0 Å². The molecule has 10 heteroatoms. The minimum atomic E-state index is -4.55. The van der Waals surface area contributed by atoms with Crippen LogP contribution in [-0.4, -0.2) is 23.8 Å². The van der Waals surface area contributed by atoms with E-state index in [9.17, 15) is 23.2 Å². The number of hydrogen-bond donors (Lipinski definition) is 1. The Labute approximate surface area is 168 Å². The third-order valence-electron chi connectivity index (χ3n) is 3.52. The first-order valence-electron chi connectivity index (χ1n) is 7.84. The van der Waals surface area contributed by atoms with Gasteiger partial charge < -0.3 is 10.1 Å². The predicted octanol–water partition coefficient (Wildman–Crippen LogP) is 4.81. The summed E-state index contributed by atoms with van der Waals surface area (Å²) in [6.45, 7) is 1.96. The summed E-state index contributed by atoms with van der Waals surface area (Å²) in [4.78, 5) is 16.4. The van der Waals surface area contributed by atoms with Crippen molar-refractivity contribution in [2.24, 2.45) is 0 Å². The van der Waals surface area contributed by atoms with Gasteiger partial charge in [0.25, 0.3) is 0 Å².